The second-order valence-electron chi connectivity index (χ2n) is 6.01. The van der Waals surface area contributed by atoms with Crippen LogP contribution in [0.1, 0.15) is 49.8 Å². The number of rotatable bonds is 9. The minimum absolute atomic E-state index is 0.648. The van der Waals surface area contributed by atoms with Crippen molar-refractivity contribution in [3.63, 3.8) is 0 Å². The van der Waals surface area contributed by atoms with Crippen molar-refractivity contribution < 1.29 is 9.26 Å². The second kappa shape index (κ2) is 10.5. The highest BCUT2D eigenvalue weighted by atomic mass is 16.5. The average Bonchev–Trinajstić information content (AvgIpc) is 3.08. The number of ether oxygens (including phenoxy) is 1. The number of guanidine groups is 1. The standard InChI is InChI=1S/C20H30N4O2/c1-5-11-25-16-10-8-9-15(12-16)13-22-20(21-4)23-14-17-18(6-2)24-26-19(17)7-3/h8-10,12H,5-7,11,13-14H2,1-4H3,(H2,21,22,23). The molecule has 2 aromatic rings. The summed E-state index contributed by atoms with van der Waals surface area (Å²) in [6, 6.07) is 8.12. The largest absolute Gasteiger partial charge is 0.494 e. The van der Waals surface area contributed by atoms with E-state index >= 15 is 0 Å². The molecule has 0 aliphatic heterocycles. The van der Waals surface area contributed by atoms with Gasteiger partial charge in [-0.25, -0.2) is 0 Å². The molecule has 1 aromatic heterocycles. The van der Waals surface area contributed by atoms with Crippen LogP contribution in [0.15, 0.2) is 33.8 Å². The number of hydrogen-bond acceptors (Lipinski definition) is 4. The molecule has 0 aliphatic rings. The van der Waals surface area contributed by atoms with E-state index in [9.17, 15) is 0 Å². The molecule has 0 radical (unpaired) electrons. The lowest BCUT2D eigenvalue weighted by atomic mass is 10.1. The predicted molar refractivity (Wildman–Crippen MR) is 105 cm³/mol. The van der Waals surface area contributed by atoms with E-state index in [1.165, 1.54) is 0 Å². The van der Waals surface area contributed by atoms with Crippen LogP contribution in [0, 0.1) is 0 Å². The van der Waals surface area contributed by atoms with Gasteiger partial charge in [-0.15, -0.1) is 0 Å². The van der Waals surface area contributed by atoms with Crippen molar-refractivity contribution in [1.29, 1.82) is 0 Å². The Bertz CT molecular complexity index is 688. The zero-order valence-corrected chi connectivity index (χ0v) is 16.3. The van der Waals surface area contributed by atoms with Gasteiger partial charge in [-0.2, -0.15) is 0 Å². The van der Waals surface area contributed by atoms with E-state index in [1.54, 1.807) is 7.05 Å². The third-order valence-electron chi connectivity index (χ3n) is 4.09. The van der Waals surface area contributed by atoms with Crippen molar-refractivity contribution in [2.45, 2.75) is 53.1 Å². The summed E-state index contributed by atoms with van der Waals surface area (Å²) in [7, 11) is 1.77. The van der Waals surface area contributed by atoms with E-state index < -0.39 is 0 Å². The molecule has 6 nitrogen and oxygen atoms in total. The molecule has 1 aromatic carbocycles. The number of benzene rings is 1. The average molecular weight is 358 g/mol. The van der Waals surface area contributed by atoms with Crippen LogP contribution in [-0.2, 0) is 25.9 Å². The number of aliphatic imine (C=N–C) groups is 1. The molecule has 0 unspecified atom stereocenters. The lowest BCUT2D eigenvalue weighted by molar-refractivity contribution is 0.317. The third-order valence-corrected chi connectivity index (χ3v) is 4.09. The first-order valence-electron chi connectivity index (χ1n) is 9.34. The fraction of sp³-hybridized carbons (Fsp3) is 0.500. The molecule has 2 N–H and O–H groups in total. The topological polar surface area (TPSA) is 71.7 Å². The van der Waals surface area contributed by atoms with Gasteiger partial charge in [0.05, 0.1) is 12.3 Å². The van der Waals surface area contributed by atoms with Gasteiger partial charge < -0.3 is 19.9 Å². The highest BCUT2D eigenvalue weighted by Gasteiger charge is 2.13. The van der Waals surface area contributed by atoms with Crippen molar-refractivity contribution in [3.05, 3.63) is 46.8 Å². The lowest BCUT2D eigenvalue weighted by Gasteiger charge is -2.13. The van der Waals surface area contributed by atoms with Crippen LogP contribution in [-0.4, -0.2) is 24.8 Å². The Hall–Kier alpha value is -2.50. The van der Waals surface area contributed by atoms with Gasteiger partial charge in [-0.3, -0.25) is 4.99 Å². The fourth-order valence-corrected chi connectivity index (χ4v) is 2.68. The van der Waals surface area contributed by atoms with Gasteiger partial charge >= 0.3 is 0 Å². The summed E-state index contributed by atoms with van der Waals surface area (Å²) in [5, 5.41) is 10.8. The van der Waals surface area contributed by atoms with E-state index in [1.807, 2.05) is 12.1 Å². The first-order chi connectivity index (χ1) is 12.7. The van der Waals surface area contributed by atoms with Gasteiger partial charge in [0.2, 0.25) is 0 Å². The Kier molecular flexibility index (Phi) is 7.99. The van der Waals surface area contributed by atoms with Gasteiger partial charge in [0.25, 0.3) is 0 Å². The smallest absolute Gasteiger partial charge is 0.191 e. The first-order valence-corrected chi connectivity index (χ1v) is 9.34. The Balaban J connectivity index is 1.91. The van der Waals surface area contributed by atoms with Gasteiger partial charge in [0.15, 0.2) is 5.96 Å². The number of aryl methyl sites for hydroxylation is 2. The molecule has 0 atom stereocenters. The van der Waals surface area contributed by atoms with Crippen LogP contribution in [0.4, 0.5) is 0 Å². The molecule has 1 heterocycles. The highest BCUT2D eigenvalue weighted by molar-refractivity contribution is 5.79. The Labute approximate surface area is 156 Å². The van der Waals surface area contributed by atoms with Gasteiger partial charge in [0.1, 0.15) is 11.5 Å². The first kappa shape index (κ1) is 19.8. The molecule has 0 saturated carbocycles. The maximum absolute atomic E-state index is 5.69. The molecule has 0 bridgehead atoms. The van der Waals surface area contributed by atoms with Gasteiger partial charge in [0, 0.05) is 32.1 Å². The van der Waals surface area contributed by atoms with Gasteiger partial charge in [-0.05, 0) is 30.5 Å². The molecule has 0 aliphatic carbocycles. The van der Waals surface area contributed by atoms with Crippen molar-refractivity contribution >= 4 is 5.96 Å². The Morgan fingerprint density at radius 1 is 1.15 bits per heavy atom. The van der Waals surface area contributed by atoms with Crippen LogP contribution in [0.3, 0.4) is 0 Å². The number of aromatic nitrogens is 1. The van der Waals surface area contributed by atoms with Crippen LogP contribution in [0.2, 0.25) is 0 Å². The van der Waals surface area contributed by atoms with Crippen LogP contribution in [0.5, 0.6) is 5.75 Å². The zero-order chi connectivity index (χ0) is 18.8. The summed E-state index contributed by atoms with van der Waals surface area (Å²) in [5.41, 5.74) is 3.29. The SMILES string of the molecule is CCCOc1cccc(CNC(=NC)NCc2c(CC)noc2CC)c1. The normalized spacial score (nSPS) is 11.5. The fourth-order valence-electron chi connectivity index (χ4n) is 2.68. The summed E-state index contributed by atoms with van der Waals surface area (Å²) in [5.74, 6) is 2.58. The molecule has 0 saturated heterocycles. The molecule has 0 amide bonds. The molecular weight excluding hydrogens is 328 g/mol. The van der Waals surface area contributed by atoms with E-state index in [0.29, 0.717) is 13.1 Å². The predicted octanol–water partition coefficient (Wildman–Crippen LogP) is 3.45. The number of nitrogens with zero attached hydrogens (tertiary/aromatic N) is 2. The monoisotopic (exact) mass is 358 g/mol. The minimum atomic E-state index is 0.648. The quantitative estimate of drug-likeness (QED) is 0.531. The second-order valence-corrected chi connectivity index (χ2v) is 6.01. The molecule has 0 spiro atoms. The van der Waals surface area contributed by atoms with E-state index in [4.69, 9.17) is 9.26 Å². The Morgan fingerprint density at radius 2 is 1.96 bits per heavy atom. The summed E-state index contributed by atoms with van der Waals surface area (Å²) in [4.78, 5) is 4.30. The van der Waals surface area contributed by atoms with E-state index in [2.05, 4.69) is 53.7 Å². The van der Waals surface area contributed by atoms with Crippen molar-refractivity contribution in [3.8, 4) is 5.75 Å². The van der Waals surface area contributed by atoms with Gasteiger partial charge in [-0.1, -0.05) is 38.1 Å². The molecule has 2 rings (SSSR count). The maximum Gasteiger partial charge on any atom is 0.191 e. The van der Waals surface area contributed by atoms with E-state index in [-0.39, 0.29) is 0 Å². The molecule has 142 valence electrons. The summed E-state index contributed by atoms with van der Waals surface area (Å²) in [6.45, 7) is 8.32. The van der Waals surface area contributed by atoms with Crippen molar-refractivity contribution in [2.75, 3.05) is 13.7 Å². The number of hydrogen-bond donors (Lipinski definition) is 2. The third kappa shape index (κ3) is 5.51. The highest BCUT2D eigenvalue weighted by Crippen LogP contribution is 2.16. The zero-order valence-electron chi connectivity index (χ0n) is 16.3. The minimum Gasteiger partial charge on any atom is -0.494 e. The van der Waals surface area contributed by atoms with Crippen molar-refractivity contribution in [2.24, 2.45) is 4.99 Å². The van der Waals surface area contributed by atoms with Crippen LogP contribution >= 0.6 is 0 Å². The summed E-state index contributed by atoms with van der Waals surface area (Å²) < 4.78 is 11.1. The van der Waals surface area contributed by atoms with E-state index in [0.717, 1.165) is 60.2 Å². The van der Waals surface area contributed by atoms with Crippen LogP contribution in [0.25, 0.3) is 0 Å². The molecule has 6 heteroatoms. The summed E-state index contributed by atoms with van der Waals surface area (Å²) in [6.07, 6.45) is 2.69. The molecular formula is C20H30N4O2. The molecule has 0 fully saturated rings. The Morgan fingerprint density at radius 3 is 2.65 bits per heavy atom. The lowest BCUT2D eigenvalue weighted by Crippen LogP contribution is -2.36. The molecule has 26 heavy (non-hydrogen) atoms. The van der Waals surface area contributed by atoms with Crippen LogP contribution < -0.4 is 15.4 Å². The maximum atomic E-state index is 5.69. The van der Waals surface area contributed by atoms with Crippen molar-refractivity contribution in [1.82, 2.24) is 15.8 Å². The summed E-state index contributed by atoms with van der Waals surface area (Å²) >= 11 is 0. The number of nitrogens with one attached hydrogen (secondary N) is 2.